The molecule has 9 heteroatoms. The van der Waals surface area contributed by atoms with Crippen LogP contribution in [-0.2, 0) is 23.4 Å². The van der Waals surface area contributed by atoms with Crippen molar-refractivity contribution in [3.05, 3.63) is 11.6 Å². The summed E-state index contributed by atoms with van der Waals surface area (Å²) in [5.74, 6) is 2.61. The Hall–Kier alpha value is -1.64. The first-order valence-electron chi connectivity index (χ1n) is 9.33. The third-order valence-electron chi connectivity index (χ3n) is 5.58. The van der Waals surface area contributed by atoms with Crippen molar-refractivity contribution in [1.82, 2.24) is 25.0 Å². The van der Waals surface area contributed by atoms with Crippen LogP contribution in [0.3, 0.4) is 0 Å². The smallest absolute Gasteiger partial charge is 0.194 e. The molecule has 146 valence electrons. The van der Waals surface area contributed by atoms with Crippen LogP contribution in [-0.4, -0.2) is 63.7 Å². The van der Waals surface area contributed by atoms with Crippen LogP contribution in [0.1, 0.15) is 51.2 Å². The molecule has 2 heterocycles. The molecule has 8 nitrogen and oxygen atoms in total. The van der Waals surface area contributed by atoms with Crippen molar-refractivity contribution in [3.8, 4) is 0 Å². The van der Waals surface area contributed by atoms with E-state index in [-0.39, 0.29) is 5.75 Å². The average molecular weight is 383 g/mol. The van der Waals surface area contributed by atoms with E-state index in [0.717, 1.165) is 30.5 Å². The van der Waals surface area contributed by atoms with Gasteiger partial charge in [0.2, 0.25) is 0 Å². The van der Waals surface area contributed by atoms with Crippen LogP contribution in [0.25, 0.3) is 0 Å². The van der Waals surface area contributed by atoms with Gasteiger partial charge >= 0.3 is 0 Å². The van der Waals surface area contributed by atoms with Gasteiger partial charge in [-0.3, -0.25) is 0 Å². The Kier molecular flexibility index (Phi) is 5.28. The number of aryl methyl sites for hydroxylation is 1. The number of sulfone groups is 1. The molecular weight excluding hydrogens is 352 g/mol. The fraction of sp³-hybridized carbons (Fsp3) is 0.824. The minimum absolute atomic E-state index is 0.161. The average Bonchev–Trinajstić information content (AvgIpc) is 3.18. The number of hydrogen-bond donors (Lipinski definition) is 1. The summed E-state index contributed by atoms with van der Waals surface area (Å²) in [7, 11) is -1.14. The maximum Gasteiger partial charge on any atom is 0.194 e. The second-order valence-corrected chi connectivity index (χ2v) is 10.7. The Morgan fingerprint density at radius 3 is 2.58 bits per heavy atom. The molecule has 0 amide bonds. The van der Waals surface area contributed by atoms with Crippen LogP contribution >= 0.6 is 0 Å². The molecule has 1 aromatic heterocycles. The first-order valence-corrected chi connectivity index (χ1v) is 11.0. The SMILES string of the molecule is Cc1nnc(CN=C(NC2CCCC2)N2CCS(=O)(=O)C(C)(C)C2)n1C. The topological polar surface area (TPSA) is 92.5 Å². The summed E-state index contributed by atoms with van der Waals surface area (Å²) >= 11 is 0. The van der Waals surface area contributed by atoms with E-state index in [1.807, 2.05) is 18.5 Å². The zero-order valence-corrected chi connectivity index (χ0v) is 17.0. The van der Waals surface area contributed by atoms with Gasteiger partial charge in [0.25, 0.3) is 0 Å². The Morgan fingerprint density at radius 2 is 2.00 bits per heavy atom. The van der Waals surface area contributed by atoms with Crippen LogP contribution in [0.4, 0.5) is 0 Å². The van der Waals surface area contributed by atoms with E-state index in [2.05, 4.69) is 20.4 Å². The summed E-state index contributed by atoms with van der Waals surface area (Å²) in [4.78, 5) is 6.87. The van der Waals surface area contributed by atoms with Gasteiger partial charge in [0.05, 0.1) is 10.5 Å². The lowest BCUT2D eigenvalue weighted by molar-refractivity contribution is 0.347. The van der Waals surface area contributed by atoms with Crippen LogP contribution in [0, 0.1) is 6.92 Å². The largest absolute Gasteiger partial charge is 0.353 e. The molecule has 3 rings (SSSR count). The number of guanidine groups is 1. The van der Waals surface area contributed by atoms with Gasteiger partial charge in [0, 0.05) is 26.2 Å². The van der Waals surface area contributed by atoms with Crippen LogP contribution in [0.2, 0.25) is 0 Å². The maximum atomic E-state index is 12.3. The number of nitrogens with zero attached hydrogens (tertiary/aromatic N) is 5. The normalized spacial score (nSPS) is 23.4. The Bertz CT molecular complexity index is 777. The second kappa shape index (κ2) is 7.17. The van der Waals surface area contributed by atoms with Crippen molar-refractivity contribution in [3.63, 3.8) is 0 Å². The Balaban J connectivity index is 1.81. The predicted octanol–water partition coefficient (Wildman–Crippen LogP) is 1.02. The Labute approximate surface area is 156 Å². The molecule has 0 unspecified atom stereocenters. The van der Waals surface area contributed by atoms with Crippen LogP contribution < -0.4 is 5.32 Å². The lowest BCUT2D eigenvalue weighted by atomic mass is 10.2. The van der Waals surface area contributed by atoms with Crippen molar-refractivity contribution in [1.29, 1.82) is 0 Å². The zero-order chi connectivity index (χ0) is 18.9. The van der Waals surface area contributed by atoms with Crippen molar-refractivity contribution in [2.24, 2.45) is 12.0 Å². The highest BCUT2D eigenvalue weighted by Gasteiger charge is 2.41. The van der Waals surface area contributed by atoms with Gasteiger partial charge in [-0.05, 0) is 33.6 Å². The molecule has 2 aliphatic rings. The third kappa shape index (κ3) is 3.87. The highest BCUT2D eigenvalue weighted by atomic mass is 32.2. The number of nitrogens with one attached hydrogen (secondary N) is 1. The quantitative estimate of drug-likeness (QED) is 0.620. The maximum absolute atomic E-state index is 12.3. The molecule has 0 spiro atoms. The highest BCUT2D eigenvalue weighted by molar-refractivity contribution is 7.92. The molecule has 0 atom stereocenters. The molecule has 26 heavy (non-hydrogen) atoms. The summed E-state index contributed by atoms with van der Waals surface area (Å²) in [6.07, 6.45) is 4.73. The van der Waals surface area contributed by atoms with Gasteiger partial charge in [-0.25, -0.2) is 13.4 Å². The lowest BCUT2D eigenvalue weighted by Gasteiger charge is -2.39. The van der Waals surface area contributed by atoms with Gasteiger partial charge in [0.1, 0.15) is 12.4 Å². The predicted molar refractivity (Wildman–Crippen MR) is 102 cm³/mol. The summed E-state index contributed by atoms with van der Waals surface area (Å²) in [6.45, 7) is 6.86. The summed E-state index contributed by atoms with van der Waals surface area (Å²) in [6, 6.07) is 0.414. The van der Waals surface area contributed by atoms with E-state index in [0.29, 0.717) is 25.7 Å². The number of rotatable bonds is 3. The summed E-state index contributed by atoms with van der Waals surface area (Å²) in [5, 5.41) is 11.8. The fourth-order valence-corrected chi connectivity index (χ4v) is 4.91. The van der Waals surface area contributed by atoms with E-state index < -0.39 is 14.6 Å². The molecule has 1 aliphatic heterocycles. The molecule has 0 bridgehead atoms. The van der Waals surface area contributed by atoms with Gasteiger partial charge in [0.15, 0.2) is 21.6 Å². The monoisotopic (exact) mass is 382 g/mol. The van der Waals surface area contributed by atoms with E-state index in [9.17, 15) is 8.42 Å². The standard InChI is InChI=1S/C17H30N6O2S/c1-13-20-21-15(22(13)4)11-18-16(19-14-7-5-6-8-14)23-9-10-26(24,25)17(2,3)12-23/h14H,5-12H2,1-4H3,(H,18,19). The van der Waals surface area contributed by atoms with E-state index >= 15 is 0 Å². The van der Waals surface area contributed by atoms with E-state index in [4.69, 9.17) is 4.99 Å². The van der Waals surface area contributed by atoms with Crippen molar-refractivity contribution in [2.45, 2.75) is 63.8 Å². The number of hydrogen-bond acceptors (Lipinski definition) is 5. The molecule has 0 radical (unpaired) electrons. The minimum Gasteiger partial charge on any atom is -0.353 e. The zero-order valence-electron chi connectivity index (χ0n) is 16.2. The molecule has 1 saturated carbocycles. The van der Waals surface area contributed by atoms with E-state index in [1.165, 1.54) is 12.8 Å². The first kappa shape index (κ1) is 19.1. The third-order valence-corrected chi connectivity index (χ3v) is 8.12. The van der Waals surface area contributed by atoms with Crippen molar-refractivity contribution in [2.75, 3.05) is 18.8 Å². The number of aromatic nitrogens is 3. The minimum atomic E-state index is -3.08. The van der Waals surface area contributed by atoms with Crippen molar-refractivity contribution < 1.29 is 8.42 Å². The Morgan fingerprint density at radius 1 is 1.31 bits per heavy atom. The molecule has 1 aromatic rings. The molecule has 1 aliphatic carbocycles. The molecule has 1 N–H and O–H groups in total. The molecule has 0 aromatic carbocycles. The number of aliphatic imine (C=N–C) groups is 1. The van der Waals surface area contributed by atoms with Gasteiger partial charge < -0.3 is 14.8 Å². The van der Waals surface area contributed by atoms with Crippen LogP contribution in [0.15, 0.2) is 4.99 Å². The summed E-state index contributed by atoms with van der Waals surface area (Å²) in [5.41, 5.74) is 0. The van der Waals surface area contributed by atoms with Crippen LogP contribution in [0.5, 0.6) is 0 Å². The van der Waals surface area contributed by atoms with E-state index in [1.54, 1.807) is 13.8 Å². The second-order valence-electron chi connectivity index (χ2n) is 7.99. The summed E-state index contributed by atoms with van der Waals surface area (Å²) < 4.78 is 25.8. The van der Waals surface area contributed by atoms with Gasteiger partial charge in [-0.1, -0.05) is 12.8 Å². The van der Waals surface area contributed by atoms with Gasteiger partial charge in [-0.15, -0.1) is 10.2 Å². The lowest BCUT2D eigenvalue weighted by Crippen LogP contribution is -2.58. The first-order chi connectivity index (χ1) is 12.2. The molecular formula is C17H30N6O2S. The molecule has 1 saturated heterocycles. The molecule has 2 fully saturated rings. The highest BCUT2D eigenvalue weighted by Crippen LogP contribution is 2.25. The fourth-order valence-electron chi connectivity index (χ4n) is 3.55. The van der Waals surface area contributed by atoms with Crippen molar-refractivity contribution >= 4 is 15.8 Å². The van der Waals surface area contributed by atoms with Gasteiger partial charge in [-0.2, -0.15) is 0 Å².